The van der Waals surface area contributed by atoms with Gasteiger partial charge in [-0.15, -0.1) is 0 Å². The molecule has 2 aliphatic rings. The highest BCUT2D eigenvalue weighted by Gasteiger charge is 2.34. The topological polar surface area (TPSA) is 66.8 Å². The summed E-state index contributed by atoms with van der Waals surface area (Å²) in [4.78, 5) is 26.1. The fourth-order valence-electron chi connectivity index (χ4n) is 4.27. The van der Waals surface area contributed by atoms with Crippen LogP contribution in [0.4, 0.5) is 4.79 Å². The Hall–Kier alpha value is -2.82. The molecule has 1 amide bonds. The minimum Gasteiger partial charge on any atom is -0.481 e. The minimum absolute atomic E-state index is 0.0814. The summed E-state index contributed by atoms with van der Waals surface area (Å²) in [6.07, 6.45) is 5.44. The number of hydrogen-bond donors (Lipinski definition) is 1. The number of carbonyl (C=O) groups is 2. The van der Waals surface area contributed by atoms with Gasteiger partial charge in [-0.05, 0) is 54.9 Å². The van der Waals surface area contributed by atoms with E-state index in [1.807, 2.05) is 42.5 Å². The van der Waals surface area contributed by atoms with Crippen molar-refractivity contribution in [1.29, 1.82) is 0 Å². The summed E-state index contributed by atoms with van der Waals surface area (Å²) in [7, 11) is 0. The second kappa shape index (κ2) is 8.68. The van der Waals surface area contributed by atoms with Gasteiger partial charge in [-0.25, -0.2) is 4.79 Å². The highest BCUT2D eigenvalue weighted by molar-refractivity contribution is 5.72. The average molecular weight is 393 g/mol. The van der Waals surface area contributed by atoms with E-state index in [1.165, 1.54) is 0 Å². The molecule has 2 aliphatic carbocycles. The number of para-hydroxylation sites is 1. The molecular formula is C24H27NO4. The third-order valence-corrected chi connectivity index (χ3v) is 6.01. The molecular weight excluding hydrogens is 366 g/mol. The van der Waals surface area contributed by atoms with Gasteiger partial charge in [0.2, 0.25) is 0 Å². The van der Waals surface area contributed by atoms with Gasteiger partial charge in [0, 0.05) is 12.6 Å². The van der Waals surface area contributed by atoms with Crippen LogP contribution in [-0.4, -0.2) is 28.1 Å². The van der Waals surface area contributed by atoms with Gasteiger partial charge in [-0.1, -0.05) is 55.3 Å². The van der Waals surface area contributed by atoms with Crippen LogP contribution >= 0.6 is 0 Å². The van der Waals surface area contributed by atoms with Crippen molar-refractivity contribution in [3.63, 3.8) is 0 Å². The van der Waals surface area contributed by atoms with E-state index in [-0.39, 0.29) is 24.0 Å². The van der Waals surface area contributed by atoms with E-state index in [0.29, 0.717) is 12.3 Å². The number of nitrogens with zero attached hydrogens (tertiary/aromatic N) is 1. The molecule has 2 saturated carbocycles. The molecule has 0 spiro atoms. The first-order valence-corrected chi connectivity index (χ1v) is 10.5. The van der Waals surface area contributed by atoms with Crippen LogP contribution in [-0.2, 0) is 11.3 Å². The summed E-state index contributed by atoms with van der Waals surface area (Å²) in [5.74, 6) is -0.353. The molecule has 0 radical (unpaired) electrons. The Bertz CT molecular complexity index is 845. The Morgan fingerprint density at radius 1 is 0.931 bits per heavy atom. The minimum atomic E-state index is -0.692. The van der Waals surface area contributed by atoms with Crippen LogP contribution in [0.2, 0.25) is 0 Å². The van der Waals surface area contributed by atoms with Gasteiger partial charge < -0.3 is 14.7 Å². The Morgan fingerprint density at radius 2 is 1.62 bits per heavy atom. The van der Waals surface area contributed by atoms with E-state index in [9.17, 15) is 14.7 Å². The standard InChI is InChI=1S/C24H27NO4/c26-23(27)22-9-5-4-8-21(22)18-12-10-17(11-13-18)16-25(19-14-15-19)24(28)29-20-6-2-1-3-7-20/h1-3,6-7,10-13,19,21-22H,4-5,8-9,14-16H2,(H,26,27)/t21-,22-/m0/s1. The molecule has 29 heavy (non-hydrogen) atoms. The number of benzene rings is 2. The quantitative estimate of drug-likeness (QED) is 0.732. The summed E-state index contributed by atoms with van der Waals surface area (Å²) < 4.78 is 5.53. The molecule has 0 heterocycles. The molecule has 2 atom stereocenters. The number of amides is 1. The molecule has 1 N–H and O–H groups in total. The maximum Gasteiger partial charge on any atom is 0.415 e. The zero-order valence-corrected chi connectivity index (χ0v) is 16.5. The van der Waals surface area contributed by atoms with Crippen LogP contribution in [0.15, 0.2) is 54.6 Å². The highest BCUT2D eigenvalue weighted by atomic mass is 16.6. The van der Waals surface area contributed by atoms with E-state index >= 15 is 0 Å². The Labute approximate surface area is 171 Å². The first-order valence-electron chi connectivity index (χ1n) is 10.5. The lowest BCUT2D eigenvalue weighted by Gasteiger charge is -2.29. The van der Waals surface area contributed by atoms with Crippen molar-refractivity contribution in [3.8, 4) is 5.75 Å². The van der Waals surface area contributed by atoms with Crippen molar-refractivity contribution >= 4 is 12.1 Å². The second-order valence-electron chi connectivity index (χ2n) is 8.12. The van der Waals surface area contributed by atoms with Crippen LogP contribution in [0.1, 0.15) is 55.6 Å². The van der Waals surface area contributed by atoms with Gasteiger partial charge in [0.1, 0.15) is 5.75 Å². The normalized spacial score (nSPS) is 21.4. The van der Waals surface area contributed by atoms with E-state index in [1.54, 1.807) is 17.0 Å². The van der Waals surface area contributed by atoms with Gasteiger partial charge in [0.05, 0.1) is 5.92 Å². The summed E-state index contributed by atoms with van der Waals surface area (Å²) in [6.45, 7) is 0.504. The fourth-order valence-corrected chi connectivity index (χ4v) is 4.27. The Balaban J connectivity index is 1.44. The van der Waals surface area contributed by atoms with Gasteiger partial charge in [0.25, 0.3) is 0 Å². The predicted octanol–water partition coefficient (Wildman–Crippen LogP) is 5.21. The number of carbonyl (C=O) groups excluding carboxylic acids is 1. The first-order chi connectivity index (χ1) is 14.1. The van der Waals surface area contributed by atoms with Gasteiger partial charge in [-0.2, -0.15) is 0 Å². The molecule has 0 bridgehead atoms. The van der Waals surface area contributed by atoms with Crippen LogP contribution in [0.5, 0.6) is 5.75 Å². The lowest BCUT2D eigenvalue weighted by molar-refractivity contribution is -0.143. The Kier molecular flexibility index (Phi) is 5.84. The van der Waals surface area contributed by atoms with Crippen molar-refractivity contribution in [2.24, 2.45) is 5.92 Å². The van der Waals surface area contributed by atoms with Gasteiger partial charge >= 0.3 is 12.1 Å². The van der Waals surface area contributed by atoms with Crippen molar-refractivity contribution in [3.05, 3.63) is 65.7 Å². The Morgan fingerprint density at radius 3 is 2.28 bits per heavy atom. The van der Waals surface area contributed by atoms with E-state index in [2.05, 4.69) is 0 Å². The molecule has 2 aromatic rings. The third kappa shape index (κ3) is 4.78. The largest absolute Gasteiger partial charge is 0.481 e. The number of hydrogen-bond acceptors (Lipinski definition) is 3. The van der Waals surface area contributed by atoms with Crippen LogP contribution in [0, 0.1) is 5.92 Å². The molecule has 152 valence electrons. The fraction of sp³-hybridized carbons (Fsp3) is 0.417. The molecule has 0 saturated heterocycles. The van der Waals surface area contributed by atoms with E-state index < -0.39 is 5.97 Å². The van der Waals surface area contributed by atoms with E-state index in [4.69, 9.17) is 4.74 Å². The number of ether oxygens (including phenoxy) is 1. The lowest BCUT2D eigenvalue weighted by Crippen LogP contribution is -2.35. The summed E-state index contributed by atoms with van der Waals surface area (Å²) in [6, 6.07) is 17.5. The highest BCUT2D eigenvalue weighted by Crippen LogP contribution is 2.38. The van der Waals surface area contributed by atoms with Gasteiger partial charge in [-0.3, -0.25) is 4.79 Å². The summed E-state index contributed by atoms with van der Waals surface area (Å²) in [5.41, 5.74) is 2.12. The molecule has 0 unspecified atom stereocenters. The summed E-state index contributed by atoms with van der Waals surface area (Å²) in [5, 5.41) is 9.54. The number of rotatable bonds is 6. The molecule has 5 nitrogen and oxygen atoms in total. The predicted molar refractivity (Wildman–Crippen MR) is 110 cm³/mol. The molecule has 5 heteroatoms. The summed E-state index contributed by atoms with van der Waals surface area (Å²) >= 11 is 0. The van der Waals surface area contributed by atoms with Gasteiger partial charge in [0.15, 0.2) is 0 Å². The third-order valence-electron chi connectivity index (χ3n) is 6.01. The lowest BCUT2D eigenvalue weighted by atomic mass is 9.75. The molecule has 2 aromatic carbocycles. The molecule has 2 fully saturated rings. The monoisotopic (exact) mass is 393 g/mol. The molecule has 4 rings (SSSR count). The number of carboxylic acid groups (broad SMARTS) is 1. The van der Waals surface area contributed by atoms with Crippen molar-refractivity contribution in [1.82, 2.24) is 4.90 Å². The zero-order chi connectivity index (χ0) is 20.2. The van der Waals surface area contributed by atoms with E-state index in [0.717, 1.165) is 49.7 Å². The maximum absolute atomic E-state index is 12.7. The smallest absolute Gasteiger partial charge is 0.415 e. The average Bonchev–Trinajstić information content (AvgIpc) is 3.58. The molecule has 0 aromatic heterocycles. The van der Waals surface area contributed by atoms with Crippen molar-refractivity contribution in [2.45, 2.75) is 57.0 Å². The van der Waals surface area contributed by atoms with Crippen LogP contribution in [0.25, 0.3) is 0 Å². The zero-order valence-electron chi connectivity index (χ0n) is 16.5. The van der Waals surface area contributed by atoms with Crippen molar-refractivity contribution in [2.75, 3.05) is 0 Å². The second-order valence-corrected chi connectivity index (χ2v) is 8.12. The van der Waals surface area contributed by atoms with Crippen LogP contribution < -0.4 is 4.74 Å². The number of carboxylic acids is 1. The maximum atomic E-state index is 12.7. The van der Waals surface area contributed by atoms with Crippen LogP contribution in [0.3, 0.4) is 0 Å². The van der Waals surface area contributed by atoms with Crippen molar-refractivity contribution < 1.29 is 19.4 Å². The first kappa shape index (κ1) is 19.5. The molecule has 0 aliphatic heterocycles. The SMILES string of the molecule is O=C(O)[C@H]1CCCC[C@H]1c1ccc(CN(C(=O)Oc2ccccc2)C2CC2)cc1. The number of aliphatic carboxylic acids is 1.